The molecule has 21 heavy (non-hydrogen) atoms. The number of hydrogen-bond donors (Lipinski definition) is 2. The summed E-state index contributed by atoms with van der Waals surface area (Å²) in [4.78, 5) is 13.3. The third-order valence-electron chi connectivity index (χ3n) is 4.04. The van der Waals surface area contributed by atoms with E-state index >= 15 is 0 Å². The molecule has 7 nitrogen and oxygen atoms in total. The van der Waals surface area contributed by atoms with Crippen molar-refractivity contribution >= 4 is 5.97 Å². The lowest BCUT2D eigenvalue weighted by Crippen LogP contribution is -2.34. The fourth-order valence-electron chi connectivity index (χ4n) is 2.86. The van der Waals surface area contributed by atoms with E-state index in [0.717, 1.165) is 38.0 Å². The molecule has 0 amide bonds. The first kappa shape index (κ1) is 13.8. The summed E-state index contributed by atoms with van der Waals surface area (Å²) in [7, 11) is 0. The number of H-pyrrole nitrogens is 1. The number of hydrogen-bond acceptors (Lipinski definition) is 4. The zero-order valence-corrected chi connectivity index (χ0v) is 11.8. The van der Waals surface area contributed by atoms with Gasteiger partial charge in [0.05, 0.1) is 6.20 Å². The SMILES string of the molecule is O=C(O)c1[nH]ncc1CN1CCC(Cn2cccn2)CC1. The molecule has 112 valence electrons. The number of rotatable bonds is 5. The summed E-state index contributed by atoms with van der Waals surface area (Å²) in [5.41, 5.74) is 0.960. The second-order valence-electron chi connectivity index (χ2n) is 5.52. The van der Waals surface area contributed by atoms with Crippen molar-refractivity contribution in [2.45, 2.75) is 25.9 Å². The molecular formula is C14H19N5O2. The smallest absolute Gasteiger partial charge is 0.354 e. The van der Waals surface area contributed by atoms with E-state index in [9.17, 15) is 4.79 Å². The van der Waals surface area contributed by atoms with Gasteiger partial charge in [0.25, 0.3) is 0 Å². The standard InChI is InChI=1S/C14H19N5O2/c20-14(21)13-12(8-15-17-13)10-18-6-2-11(3-7-18)9-19-5-1-4-16-19/h1,4-5,8,11H,2-3,6-7,9-10H2,(H,15,17)(H,20,21). The van der Waals surface area contributed by atoms with Crippen molar-refractivity contribution in [3.8, 4) is 0 Å². The average Bonchev–Trinajstić information content (AvgIpc) is 3.12. The maximum atomic E-state index is 11.1. The third kappa shape index (κ3) is 3.30. The molecule has 2 aromatic heterocycles. The van der Waals surface area contributed by atoms with Gasteiger partial charge in [-0.15, -0.1) is 0 Å². The number of carboxylic acids is 1. The van der Waals surface area contributed by atoms with Crippen LogP contribution in [-0.4, -0.2) is 49.0 Å². The van der Waals surface area contributed by atoms with Gasteiger partial charge in [0.15, 0.2) is 0 Å². The Hall–Kier alpha value is -2.15. The maximum absolute atomic E-state index is 11.1. The molecule has 0 atom stereocenters. The normalized spacial score (nSPS) is 17.1. The highest BCUT2D eigenvalue weighted by atomic mass is 16.4. The second kappa shape index (κ2) is 6.09. The van der Waals surface area contributed by atoms with Crippen LogP contribution in [-0.2, 0) is 13.1 Å². The van der Waals surface area contributed by atoms with E-state index in [1.54, 1.807) is 6.20 Å². The predicted octanol–water partition coefficient (Wildman–Crippen LogP) is 1.22. The number of carbonyl (C=O) groups is 1. The molecule has 3 heterocycles. The number of aromatic nitrogens is 4. The van der Waals surface area contributed by atoms with Crippen molar-refractivity contribution in [2.75, 3.05) is 13.1 Å². The number of piperidine rings is 1. The Morgan fingerprint density at radius 2 is 2.24 bits per heavy atom. The van der Waals surface area contributed by atoms with Crippen LogP contribution >= 0.6 is 0 Å². The molecule has 0 radical (unpaired) electrons. The van der Waals surface area contributed by atoms with Gasteiger partial charge in [0.2, 0.25) is 0 Å². The van der Waals surface area contributed by atoms with Gasteiger partial charge in [-0.2, -0.15) is 10.2 Å². The molecule has 1 saturated heterocycles. The number of aromatic carboxylic acids is 1. The van der Waals surface area contributed by atoms with Gasteiger partial charge >= 0.3 is 5.97 Å². The van der Waals surface area contributed by atoms with Gasteiger partial charge in [0.1, 0.15) is 5.69 Å². The molecule has 7 heteroatoms. The van der Waals surface area contributed by atoms with Crippen LogP contribution in [0.15, 0.2) is 24.7 Å². The molecular weight excluding hydrogens is 270 g/mol. The number of carboxylic acid groups (broad SMARTS) is 1. The summed E-state index contributed by atoms with van der Waals surface area (Å²) < 4.78 is 1.99. The predicted molar refractivity (Wildman–Crippen MR) is 75.8 cm³/mol. The van der Waals surface area contributed by atoms with Gasteiger partial charge in [0, 0.05) is 31.0 Å². The summed E-state index contributed by atoms with van der Waals surface area (Å²) in [6.45, 7) is 3.58. The van der Waals surface area contributed by atoms with Gasteiger partial charge in [-0.1, -0.05) is 0 Å². The van der Waals surface area contributed by atoms with Crippen LogP contribution in [0.25, 0.3) is 0 Å². The van der Waals surface area contributed by atoms with Crippen molar-refractivity contribution in [3.63, 3.8) is 0 Å². The minimum absolute atomic E-state index is 0.202. The van der Waals surface area contributed by atoms with Crippen LogP contribution in [0.4, 0.5) is 0 Å². The van der Waals surface area contributed by atoms with E-state index < -0.39 is 5.97 Å². The van der Waals surface area contributed by atoms with Crippen LogP contribution in [0, 0.1) is 5.92 Å². The second-order valence-corrected chi connectivity index (χ2v) is 5.52. The van der Waals surface area contributed by atoms with Crippen molar-refractivity contribution in [2.24, 2.45) is 5.92 Å². The molecule has 1 aliphatic heterocycles. The Labute approximate surface area is 122 Å². The Kier molecular flexibility index (Phi) is 4.01. The van der Waals surface area contributed by atoms with Crippen LogP contribution in [0.5, 0.6) is 0 Å². The van der Waals surface area contributed by atoms with Crippen LogP contribution in [0.1, 0.15) is 28.9 Å². The lowest BCUT2D eigenvalue weighted by Gasteiger charge is -2.31. The van der Waals surface area contributed by atoms with E-state index in [1.165, 1.54) is 0 Å². The Morgan fingerprint density at radius 1 is 1.43 bits per heavy atom. The first-order valence-corrected chi connectivity index (χ1v) is 7.17. The number of nitrogens with zero attached hydrogens (tertiary/aromatic N) is 4. The fraction of sp³-hybridized carbons (Fsp3) is 0.500. The van der Waals surface area contributed by atoms with Crippen molar-refractivity contribution in [1.29, 1.82) is 0 Å². The average molecular weight is 289 g/mol. The molecule has 0 unspecified atom stereocenters. The fourth-order valence-corrected chi connectivity index (χ4v) is 2.86. The van der Waals surface area contributed by atoms with E-state index in [2.05, 4.69) is 20.2 Å². The van der Waals surface area contributed by atoms with Gasteiger partial charge in [-0.25, -0.2) is 4.79 Å². The lowest BCUT2D eigenvalue weighted by atomic mass is 9.96. The van der Waals surface area contributed by atoms with Crippen molar-refractivity contribution in [3.05, 3.63) is 35.9 Å². The first-order chi connectivity index (χ1) is 10.2. The first-order valence-electron chi connectivity index (χ1n) is 7.17. The van der Waals surface area contributed by atoms with Gasteiger partial charge in [-0.05, 0) is 37.9 Å². The Bertz CT molecular complexity index is 584. The highest BCUT2D eigenvalue weighted by molar-refractivity contribution is 5.86. The van der Waals surface area contributed by atoms with Gasteiger partial charge in [-0.3, -0.25) is 14.7 Å². The zero-order valence-electron chi connectivity index (χ0n) is 11.8. The minimum atomic E-state index is -0.948. The summed E-state index contributed by atoms with van der Waals surface area (Å²) in [5.74, 6) is -0.305. The number of aromatic amines is 1. The summed E-state index contributed by atoms with van der Waals surface area (Å²) in [6, 6.07) is 1.95. The lowest BCUT2D eigenvalue weighted by molar-refractivity contribution is 0.0687. The van der Waals surface area contributed by atoms with Gasteiger partial charge < -0.3 is 5.11 Å². The van der Waals surface area contributed by atoms with E-state index in [4.69, 9.17) is 5.11 Å². The molecule has 2 N–H and O–H groups in total. The molecule has 0 aromatic carbocycles. The number of likely N-dealkylation sites (tertiary alicyclic amines) is 1. The molecule has 0 aliphatic carbocycles. The molecule has 0 bridgehead atoms. The Morgan fingerprint density at radius 3 is 2.90 bits per heavy atom. The summed E-state index contributed by atoms with van der Waals surface area (Å²) in [6.07, 6.45) is 7.64. The highest BCUT2D eigenvalue weighted by Gasteiger charge is 2.22. The van der Waals surface area contributed by atoms with E-state index in [1.807, 2.05) is 23.1 Å². The van der Waals surface area contributed by atoms with E-state index in [-0.39, 0.29) is 5.69 Å². The maximum Gasteiger partial charge on any atom is 0.354 e. The Balaban J connectivity index is 1.51. The summed E-state index contributed by atoms with van der Waals surface area (Å²) >= 11 is 0. The van der Waals surface area contributed by atoms with Crippen LogP contribution in [0.3, 0.4) is 0 Å². The monoisotopic (exact) mass is 289 g/mol. The minimum Gasteiger partial charge on any atom is -0.477 e. The molecule has 1 aliphatic rings. The highest BCUT2D eigenvalue weighted by Crippen LogP contribution is 2.21. The quantitative estimate of drug-likeness (QED) is 0.864. The zero-order chi connectivity index (χ0) is 14.7. The van der Waals surface area contributed by atoms with Crippen LogP contribution in [0.2, 0.25) is 0 Å². The summed E-state index contributed by atoms with van der Waals surface area (Å²) in [5, 5.41) is 19.7. The van der Waals surface area contributed by atoms with Crippen LogP contribution < -0.4 is 0 Å². The van der Waals surface area contributed by atoms with Crippen molar-refractivity contribution < 1.29 is 9.90 Å². The number of nitrogens with one attached hydrogen (secondary N) is 1. The largest absolute Gasteiger partial charge is 0.477 e. The molecule has 0 saturated carbocycles. The topological polar surface area (TPSA) is 87.0 Å². The van der Waals surface area contributed by atoms with Crippen molar-refractivity contribution in [1.82, 2.24) is 24.9 Å². The molecule has 3 rings (SSSR count). The third-order valence-corrected chi connectivity index (χ3v) is 4.04. The van der Waals surface area contributed by atoms with E-state index in [0.29, 0.717) is 12.5 Å². The molecule has 1 fully saturated rings. The molecule has 0 spiro atoms. The molecule has 2 aromatic rings.